The average Bonchev–Trinajstić information content (AvgIpc) is 2.56. The molecule has 2 aromatic rings. The van der Waals surface area contributed by atoms with Crippen LogP contribution in [0.3, 0.4) is 0 Å². The first kappa shape index (κ1) is 15.6. The molecular weight excluding hydrogens is 310 g/mol. The Morgan fingerprint density at radius 2 is 2.09 bits per heavy atom. The largest absolute Gasteiger partial charge is 0.349 e. The predicted molar refractivity (Wildman–Crippen MR) is 90.3 cm³/mol. The van der Waals surface area contributed by atoms with Crippen LogP contribution in [0, 0.1) is 6.92 Å². The second-order valence-corrected chi connectivity index (χ2v) is 6.30. The van der Waals surface area contributed by atoms with E-state index in [4.69, 9.17) is 0 Å². The first-order valence-electron chi connectivity index (χ1n) is 7.35. The Morgan fingerprint density at radius 1 is 1.26 bits per heavy atom. The molecule has 3 rings (SSSR count). The molecule has 1 N–H and O–H groups in total. The third-order valence-corrected chi connectivity index (χ3v) is 4.57. The maximum Gasteiger partial charge on any atom is 0.240 e. The van der Waals surface area contributed by atoms with Gasteiger partial charge in [0.1, 0.15) is 6.54 Å². The second kappa shape index (κ2) is 6.83. The van der Waals surface area contributed by atoms with E-state index in [0.717, 1.165) is 22.0 Å². The number of fused-ring (bicyclic) bond motifs is 1. The molecule has 0 bridgehead atoms. The molecule has 1 aliphatic rings. The fraction of sp³-hybridized carbons (Fsp3) is 0.235. The monoisotopic (exact) mass is 327 g/mol. The summed E-state index contributed by atoms with van der Waals surface area (Å²) in [5, 5.41) is 2.82. The summed E-state index contributed by atoms with van der Waals surface area (Å²) in [6.45, 7) is 2.30. The molecule has 0 atom stereocenters. The summed E-state index contributed by atoms with van der Waals surface area (Å²) in [4.78, 5) is 31.2. The first-order chi connectivity index (χ1) is 11.1. The van der Waals surface area contributed by atoms with Gasteiger partial charge in [-0.1, -0.05) is 18.2 Å². The zero-order valence-electron chi connectivity index (χ0n) is 12.8. The Labute approximate surface area is 139 Å². The van der Waals surface area contributed by atoms with Crippen LogP contribution < -0.4 is 10.2 Å². The van der Waals surface area contributed by atoms with Crippen molar-refractivity contribution in [3.05, 3.63) is 53.9 Å². The number of hydrogen-bond acceptors (Lipinski definition) is 4. The fourth-order valence-electron chi connectivity index (χ4n) is 2.41. The van der Waals surface area contributed by atoms with Gasteiger partial charge in [-0.3, -0.25) is 14.6 Å². The number of rotatable bonds is 4. The van der Waals surface area contributed by atoms with Gasteiger partial charge in [0.05, 0.1) is 23.7 Å². The first-order valence-corrected chi connectivity index (χ1v) is 8.33. The molecule has 0 saturated carbocycles. The van der Waals surface area contributed by atoms with Crippen molar-refractivity contribution in [3.8, 4) is 0 Å². The predicted octanol–water partition coefficient (Wildman–Crippen LogP) is 2.15. The smallest absolute Gasteiger partial charge is 0.240 e. The van der Waals surface area contributed by atoms with E-state index in [2.05, 4.69) is 10.3 Å². The van der Waals surface area contributed by atoms with Gasteiger partial charge in [-0.15, -0.1) is 11.8 Å². The summed E-state index contributed by atoms with van der Waals surface area (Å²) in [5.74, 6) is 0.130. The highest BCUT2D eigenvalue weighted by Gasteiger charge is 2.26. The van der Waals surface area contributed by atoms with Gasteiger partial charge in [0.2, 0.25) is 11.8 Å². The van der Waals surface area contributed by atoms with Crippen molar-refractivity contribution in [1.82, 2.24) is 10.3 Å². The van der Waals surface area contributed by atoms with Gasteiger partial charge in [-0.2, -0.15) is 0 Å². The second-order valence-electron chi connectivity index (χ2n) is 5.28. The Kier molecular flexibility index (Phi) is 4.62. The van der Waals surface area contributed by atoms with Crippen LogP contribution >= 0.6 is 11.8 Å². The van der Waals surface area contributed by atoms with Crippen LogP contribution in [-0.2, 0) is 16.1 Å². The van der Waals surface area contributed by atoms with E-state index in [1.54, 1.807) is 4.90 Å². The van der Waals surface area contributed by atoms with Crippen LogP contribution in [-0.4, -0.2) is 29.1 Å². The summed E-state index contributed by atoms with van der Waals surface area (Å²) in [5.41, 5.74) is 2.52. The lowest BCUT2D eigenvalue weighted by Crippen LogP contribution is -2.43. The van der Waals surface area contributed by atoms with Crippen molar-refractivity contribution in [3.63, 3.8) is 0 Å². The SMILES string of the molecule is Cc1cccc(CNC(=O)CN2C(=O)CSc3ccccc32)n1. The van der Waals surface area contributed by atoms with Crippen molar-refractivity contribution in [2.75, 3.05) is 17.2 Å². The van der Waals surface area contributed by atoms with Crippen molar-refractivity contribution < 1.29 is 9.59 Å². The van der Waals surface area contributed by atoms with Crippen LogP contribution in [0.15, 0.2) is 47.4 Å². The van der Waals surface area contributed by atoms with Gasteiger partial charge in [-0.05, 0) is 31.2 Å². The number of thioether (sulfide) groups is 1. The molecular formula is C17H17N3O2S. The van der Waals surface area contributed by atoms with Crippen LogP contribution in [0.25, 0.3) is 0 Å². The highest BCUT2D eigenvalue weighted by atomic mass is 32.2. The molecule has 118 valence electrons. The summed E-state index contributed by atoms with van der Waals surface area (Å²) in [7, 11) is 0. The summed E-state index contributed by atoms with van der Waals surface area (Å²) < 4.78 is 0. The normalized spacial score (nSPS) is 13.6. The van der Waals surface area contributed by atoms with Gasteiger partial charge in [0.15, 0.2) is 0 Å². The maximum absolute atomic E-state index is 12.2. The Bertz CT molecular complexity index is 748. The number of nitrogens with one attached hydrogen (secondary N) is 1. The molecule has 0 spiro atoms. The zero-order valence-corrected chi connectivity index (χ0v) is 13.6. The zero-order chi connectivity index (χ0) is 16.2. The van der Waals surface area contributed by atoms with Crippen molar-refractivity contribution >= 4 is 29.3 Å². The summed E-state index contributed by atoms with van der Waals surface area (Å²) in [6.07, 6.45) is 0. The fourth-order valence-corrected chi connectivity index (χ4v) is 3.35. The number of pyridine rings is 1. The Morgan fingerprint density at radius 3 is 2.91 bits per heavy atom. The molecule has 23 heavy (non-hydrogen) atoms. The van der Waals surface area contributed by atoms with E-state index < -0.39 is 0 Å². The molecule has 1 aromatic carbocycles. The molecule has 2 amide bonds. The van der Waals surface area contributed by atoms with Crippen LogP contribution in [0.1, 0.15) is 11.4 Å². The number of aryl methyl sites for hydroxylation is 1. The Hall–Kier alpha value is -2.34. The van der Waals surface area contributed by atoms with Gasteiger partial charge in [0, 0.05) is 10.6 Å². The molecule has 0 fully saturated rings. The number of hydrogen-bond donors (Lipinski definition) is 1. The van der Waals surface area contributed by atoms with E-state index in [-0.39, 0.29) is 18.4 Å². The van der Waals surface area contributed by atoms with Crippen molar-refractivity contribution in [2.45, 2.75) is 18.4 Å². The number of para-hydroxylation sites is 1. The number of anilines is 1. The topological polar surface area (TPSA) is 62.3 Å². The van der Waals surface area contributed by atoms with E-state index >= 15 is 0 Å². The molecule has 5 nitrogen and oxygen atoms in total. The van der Waals surface area contributed by atoms with E-state index in [0.29, 0.717) is 12.3 Å². The van der Waals surface area contributed by atoms with Crippen LogP contribution in [0.5, 0.6) is 0 Å². The van der Waals surface area contributed by atoms with Gasteiger partial charge < -0.3 is 10.2 Å². The lowest BCUT2D eigenvalue weighted by atomic mass is 10.2. The van der Waals surface area contributed by atoms with Crippen molar-refractivity contribution in [1.29, 1.82) is 0 Å². The molecule has 0 unspecified atom stereocenters. The number of nitrogens with zero attached hydrogens (tertiary/aromatic N) is 2. The minimum absolute atomic E-state index is 0.0300. The third-order valence-electron chi connectivity index (χ3n) is 3.52. The van der Waals surface area contributed by atoms with E-state index in [1.165, 1.54) is 11.8 Å². The minimum atomic E-state index is -0.191. The molecule has 0 radical (unpaired) electrons. The number of aromatic nitrogens is 1. The van der Waals surface area contributed by atoms with Gasteiger partial charge in [0.25, 0.3) is 0 Å². The lowest BCUT2D eigenvalue weighted by Gasteiger charge is -2.28. The number of benzene rings is 1. The quantitative estimate of drug-likeness (QED) is 0.934. The van der Waals surface area contributed by atoms with Gasteiger partial charge in [-0.25, -0.2) is 0 Å². The maximum atomic E-state index is 12.2. The molecule has 1 aromatic heterocycles. The van der Waals surface area contributed by atoms with E-state index in [9.17, 15) is 9.59 Å². The average molecular weight is 327 g/mol. The molecule has 0 saturated heterocycles. The lowest BCUT2D eigenvalue weighted by molar-refractivity contribution is -0.123. The standard InChI is InChI=1S/C17H17N3O2S/c1-12-5-4-6-13(19-12)9-18-16(21)10-20-14-7-2-3-8-15(14)23-11-17(20)22/h2-8H,9-11H2,1H3,(H,18,21). The highest BCUT2D eigenvalue weighted by Crippen LogP contribution is 2.34. The molecule has 0 aliphatic carbocycles. The number of carbonyl (C=O) groups is 2. The summed E-state index contributed by atoms with van der Waals surface area (Å²) in [6, 6.07) is 13.3. The number of amides is 2. The molecule has 2 heterocycles. The minimum Gasteiger partial charge on any atom is -0.349 e. The van der Waals surface area contributed by atoms with Crippen LogP contribution in [0.4, 0.5) is 5.69 Å². The summed E-state index contributed by atoms with van der Waals surface area (Å²) >= 11 is 1.51. The Balaban J connectivity index is 1.65. The van der Waals surface area contributed by atoms with Crippen molar-refractivity contribution in [2.24, 2.45) is 0 Å². The van der Waals surface area contributed by atoms with Gasteiger partial charge >= 0.3 is 0 Å². The number of carbonyl (C=O) groups excluding carboxylic acids is 2. The molecule has 6 heteroatoms. The highest BCUT2D eigenvalue weighted by molar-refractivity contribution is 8.00. The van der Waals surface area contributed by atoms with Crippen LogP contribution in [0.2, 0.25) is 0 Å². The molecule has 1 aliphatic heterocycles. The third kappa shape index (κ3) is 3.71. The van der Waals surface area contributed by atoms with E-state index in [1.807, 2.05) is 49.4 Å².